The zero-order valence-corrected chi connectivity index (χ0v) is 16.8. The third-order valence-electron chi connectivity index (χ3n) is 3.09. The summed E-state index contributed by atoms with van der Waals surface area (Å²) in [5.74, 6) is -0.150. The van der Waals surface area contributed by atoms with Gasteiger partial charge >= 0.3 is 6.18 Å². The van der Waals surface area contributed by atoms with Gasteiger partial charge in [0.1, 0.15) is 6.54 Å². The maximum absolute atomic E-state index is 12.1. The van der Waals surface area contributed by atoms with Gasteiger partial charge < -0.3 is 5.32 Å². The molecule has 0 aliphatic heterocycles. The van der Waals surface area contributed by atoms with Crippen LogP contribution in [0.3, 0.4) is 0 Å². The van der Waals surface area contributed by atoms with E-state index in [1.54, 1.807) is 0 Å². The molecule has 0 fully saturated rings. The first-order chi connectivity index (χ1) is 12.5. The van der Waals surface area contributed by atoms with Crippen molar-refractivity contribution < 1.29 is 26.4 Å². The molecule has 1 amide bonds. The maximum atomic E-state index is 12.1. The van der Waals surface area contributed by atoms with Crippen LogP contribution in [0.4, 0.5) is 18.9 Å². The van der Waals surface area contributed by atoms with Crippen LogP contribution in [0.5, 0.6) is 0 Å². The Bertz CT molecular complexity index is 887. The van der Waals surface area contributed by atoms with E-state index in [4.69, 9.17) is 0 Å². The third kappa shape index (κ3) is 7.53. The molecule has 11 heteroatoms. The highest BCUT2D eigenvalue weighted by molar-refractivity contribution is 9.10. The van der Waals surface area contributed by atoms with E-state index in [1.807, 2.05) is 24.3 Å². The van der Waals surface area contributed by atoms with Crippen LogP contribution in [0.1, 0.15) is 0 Å². The lowest BCUT2D eigenvalue weighted by atomic mass is 10.3. The average molecular weight is 483 g/mol. The molecule has 0 aliphatic rings. The van der Waals surface area contributed by atoms with Crippen LogP contribution in [-0.4, -0.2) is 32.8 Å². The van der Waals surface area contributed by atoms with E-state index in [1.165, 1.54) is 28.6 Å². The third-order valence-corrected chi connectivity index (χ3v) is 6.05. The summed E-state index contributed by atoms with van der Waals surface area (Å²) in [4.78, 5) is 12.5. The molecule has 0 unspecified atom stereocenters. The van der Waals surface area contributed by atoms with E-state index in [9.17, 15) is 26.4 Å². The maximum Gasteiger partial charge on any atom is 0.402 e. The van der Waals surface area contributed by atoms with E-state index >= 15 is 0 Å². The highest BCUT2D eigenvalue weighted by Gasteiger charge is 2.30. The molecule has 0 aliphatic carbocycles. The zero-order valence-electron chi connectivity index (χ0n) is 13.6. The number of sulfonamides is 1. The zero-order chi connectivity index (χ0) is 20.1. The highest BCUT2D eigenvalue weighted by atomic mass is 79.9. The first kappa shape index (κ1) is 21.7. The minimum absolute atomic E-state index is 0.148. The lowest BCUT2D eigenvalue weighted by Gasteiger charge is -2.10. The first-order valence-electron chi connectivity index (χ1n) is 7.40. The molecule has 0 bridgehead atoms. The lowest BCUT2D eigenvalue weighted by Crippen LogP contribution is -2.33. The van der Waals surface area contributed by atoms with Gasteiger partial charge in [-0.15, -0.1) is 11.8 Å². The van der Waals surface area contributed by atoms with E-state index < -0.39 is 22.7 Å². The van der Waals surface area contributed by atoms with Gasteiger partial charge in [-0.05, 0) is 48.5 Å². The van der Waals surface area contributed by atoms with Gasteiger partial charge in [-0.25, -0.2) is 13.1 Å². The topological polar surface area (TPSA) is 75.3 Å². The normalized spacial score (nSPS) is 12.0. The average Bonchev–Trinajstić information content (AvgIpc) is 2.60. The number of carbonyl (C=O) groups is 1. The van der Waals surface area contributed by atoms with Crippen molar-refractivity contribution in [2.24, 2.45) is 0 Å². The van der Waals surface area contributed by atoms with Gasteiger partial charge in [0.2, 0.25) is 15.9 Å². The molecule has 27 heavy (non-hydrogen) atoms. The van der Waals surface area contributed by atoms with Gasteiger partial charge in [0.15, 0.2) is 0 Å². The number of halogens is 4. The van der Waals surface area contributed by atoms with Crippen LogP contribution < -0.4 is 10.0 Å². The van der Waals surface area contributed by atoms with Gasteiger partial charge in [-0.3, -0.25) is 4.79 Å². The number of hydrogen-bond donors (Lipinski definition) is 2. The number of carbonyl (C=O) groups excluding carboxylic acids is 1. The van der Waals surface area contributed by atoms with Gasteiger partial charge in [0.05, 0.1) is 10.6 Å². The summed E-state index contributed by atoms with van der Waals surface area (Å²) in [6, 6.07) is 12.3. The monoisotopic (exact) mass is 482 g/mol. The number of hydrogen-bond acceptors (Lipinski definition) is 4. The lowest BCUT2D eigenvalue weighted by molar-refractivity contribution is -0.121. The minimum atomic E-state index is -4.65. The summed E-state index contributed by atoms with van der Waals surface area (Å²) >= 11 is 4.64. The molecule has 0 radical (unpaired) electrons. The Morgan fingerprint density at radius 1 is 1.04 bits per heavy atom. The van der Waals surface area contributed by atoms with Crippen LogP contribution in [-0.2, 0) is 14.8 Å². The summed E-state index contributed by atoms with van der Waals surface area (Å²) in [7, 11) is -4.28. The van der Waals surface area contributed by atoms with Gasteiger partial charge in [-0.2, -0.15) is 13.2 Å². The van der Waals surface area contributed by atoms with E-state index in [0.29, 0.717) is 5.69 Å². The summed E-state index contributed by atoms with van der Waals surface area (Å²) < 4.78 is 62.4. The second kappa shape index (κ2) is 9.09. The Morgan fingerprint density at radius 2 is 1.63 bits per heavy atom. The first-order valence-corrected chi connectivity index (χ1v) is 10.7. The molecular weight excluding hydrogens is 469 g/mol. The fourth-order valence-corrected chi connectivity index (χ4v) is 3.83. The molecular formula is C16H14BrF3N2O3S2. The van der Waals surface area contributed by atoms with Crippen molar-refractivity contribution >= 4 is 49.3 Å². The quantitative estimate of drug-likeness (QED) is 0.584. The van der Waals surface area contributed by atoms with Crippen molar-refractivity contribution in [2.45, 2.75) is 16.0 Å². The number of anilines is 1. The predicted octanol–water partition coefficient (Wildman–Crippen LogP) is 4.02. The van der Waals surface area contributed by atoms with Crippen LogP contribution in [0.25, 0.3) is 0 Å². The van der Waals surface area contributed by atoms with Crippen LogP contribution >= 0.6 is 27.7 Å². The number of alkyl halides is 3. The fourth-order valence-electron chi connectivity index (χ4n) is 1.85. The fraction of sp³-hybridized carbons (Fsp3) is 0.188. The molecule has 0 spiro atoms. The Hall–Kier alpha value is -1.56. The highest BCUT2D eigenvalue weighted by Crippen LogP contribution is 2.21. The smallest absolute Gasteiger partial charge is 0.325 e. The molecule has 0 saturated carbocycles. The van der Waals surface area contributed by atoms with Crippen LogP contribution in [0.15, 0.2) is 62.8 Å². The van der Waals surface area contributed by atoms with Crippen molar-refractivity contribution in [3.63, 3.8) is 0 Å². The van der Waals surface area contributed by atoms with Gasteiger partial charge in [0, 0.05) is 15.1 Å². The second-order valence-corrected chi connectivity index (χ2v) is 8.99. The molecule has 2 rings (SSSR count). The summed E-state index contributed by atoms with van der Waals surface area (Å²) in [6.45, 7) is -1.65. The largest absolute Gasteiger partial charge is 0.402 e. The predicted molar refractivity (Wildman–Crippen MR) is 101 cm³/mol. The Morgan fingerprint density at radius 3 is 2.19 bits per heavy atom. The number of rotatable bonds is 7. The van der Waals surface area contributed by atoms with E-state index in [0.717, 1.165) is 21.5 Å². The van der Waals surface area contributed by atoms with Crippen molar-refractivity contribution in [1.29, 1.82) is 0 Å². The molecule has 5 nitrogen and oxygen atoms in total. The summed E-state index contributed by atoms with van der Waals surface area (Å²) in [5, 5.41) is 2.59. The Labute approximate surface area is 166 Å². The molecule has 2 N–H and O–H groups in total. The van der Waals surface area contributed by atoms with E-state index in [-0.39, 0.29) is 16.6 Å². The number of thioether (sulfide) groups is 1. The second-order valence-electron chi connectivity index (χ2n) is 5.25. The van der Waals surface area contributed by atoms with Crippen molar-refractivity contribution in [1.82, 2.24) is 4.72 Å². The Kier molecular flexibility index (Phi) is 7.32. The van der Waals surface area contributed by atoms with Crippen LogP contribution in [0, 0.1) is 0 Å². The number of benzene rings is 2. The standard InChI is InChI=1S/C16H14BrF3N2O3S2/c17-11-1-5-13(6-2-11)26-9-15(23)22-12-3-7-14(8-4-12)27(24,25)21-10-16(18,19)20/h1-8,21H,9-10H2,(H,22,23). The molecule has 0 saturated heterocycles. The number of amides is 1. The molecule has 2 aromatic rings. The molecule has 0 aromatic heterocycles. The SMILES string of the molecule is O=C(CSc1ccc(Br)cc1)Nc1ccc(S(=O)(=O)NCC(F)(F)F)cc1. The van der Waals surface area contributed by atoms with E-state index in [2.05, 4.69) is 21.2 Å². The molecule has 0 heterocycles. The molecule has 146 valence electrons. The minimum Gasteiger partial charge on any atom is -0.325 e. The Balaban J connectivity index is 1.90. The van der Waals surface area contributed by atoms with Crippen molar-refractivity contribution in [3.05, 3.63) is 53.0 Å². The number of nitrogens with one attached hydrogen (secondary N) is 2. The summed E-state index contributed by atoms with van der Waals surface area (Å²) in [6.07, 6.45) is -4.65. The van der Waals surface area contributed by atoms with Crippen LogP contribution in [0.2, 0.25) is 0 Å². The van der Waals surface area contributed by atoms with Gasteiger partial charge in [-0.1, -0.05) is 15.9 Å². The molecule has 0 atom stereocenters. The van der Waals surface area contributed by atoms with Crippen molar-refractivity contribution in [2.75, 3.05) is 17.6 Å². The van der Waals surface area contributed by atoms with Gasteiger partial charge in [0.25, 0.3) is 0 Å². The van der Waals surface area contributed by atoms with Crippen molar-refractivity contribution in [3.8, 4) is 0 Å². The summed E-state index contributed by atoms with van der Waals surface area (Å²) in [5.41, 5.74) is 0.339. The molecule has 2 aromatic carbocycles.